The Balaban J connectivity index is 1.14. The summed E-state index contributed by atoms with van der Waals surface area (Å²) in [6.45, 7) is 0.829. The van der Waals surface area contributed by atoms with E-state index in [0.29, 0.717) is 17.5 Å². The van der Waals surface area contributed by atoms with E-state index in [-0.39, 0.29) is 5.91 Å². The van der Waals surface area contributed by atoms with Gasteiger partial charge in [0.1, 0.15) is 5.75 Å². The number of hydrogen-bond acceptors (Lipinski definition) is 3. The number of carbonyl (C=O) groups excluding carboxylic acids is 1. The zero-order valence-corrected chi connectivity index (χ0v) is 19.2. The van der Waals surface area contributed by atoms with Crippen molar-refractivity contribution in [2.45, 2.75) is 24.9 Å². The van der Waals surface area contributed by atoms with Crippen LogP contribution in [0, 0.1) is 0 Å². The number of nitrogens with one attached hydrogen (secondary N) is 2. The van der Waals surface area contributed by atoms with E-state index in [1.54, 1.807) is 7.11 Å². The predicted octanol–water partition coefficient (Wildman–Crippen LogP) is 6.26. The Morgan fingerprint density at radius 1 is 0.853 bits per heavy atom. The SMILES string of the molecule is COc1cccc(CNC2CC2c2ccc(NC(=O)c3ccc(-c4ccccc4)cc3)cc2)c1. The van der Waals surface area contributed by atoms with Gasteiger partial charge in [0.15, 0.2) is 0 Å². The van der Waals surface area contributed by atoms with E-state index in [1.807, 2.05) is 66.7 Å². The average Bonchev–Trinajstić information content (AvgIpc) is 3.68. The molecule has 1 amide bonds. The number of methoxy groups -OCH3 is 1. The lowest BCUT2D eigenvalue weighted by Gasteiger charge is -2.09. The topological polar surface area (TPSA) is 50.4 Å². The molecule has 4 aromatic carbocycles. The third-order valence-electron chi connectivity index (χ3n) is 6.34. The van der Waals surface area contributed by atoms with Crippen LogP contribution in [0.2, 0.25) is 0 Å². The highest BCUT2D eigenvalue weighted by atomic mass is 16.5. The first-order valence-corrected chi connectivity index (χ1v) is 11.6. The van der Waals surface area contributed by atoms with Crippen molar-refractivity contribution in [3.63, 3.8) is 0 Å². The fraction of sp³-hybridized carbons (Fsp3) is 0.167. The highest BCUT2D eigenvalue weighted by Crippen LogP contribution is 2.41. The van der Waals surface area contributed by atoms with Crippen LogP contribution in [0.3, 0.4) is 0 Å². The monoisotopic (exact) mass is 448 g/mol. The molecule has 2 unspecified atom stereocenters. The fourth-order valence-electron chi connectivity index (χ4n) is 4.28. The van der Waals surface area contributed by atoms with Gasteiger partial charge in [-0.2, -0.15) is 0 Å². The minimum absolute atomic E-state index is 0.100. The molecule has 170 valence electrons. The Kier molecular flexibility index (Phi) is 6.41. The molecule has 0 aromatic heterocycles. The van der Waals surface area contributed by atoms with Crippen molar-refractivity contribution in [3.05, 3.63) is 120 Å². The summed E-state index contributed by atoms with van der Waals surface area (Å²) in [7, 11) is 1.69. The molecule has 1 aliphatic carbocycles. The summed E-state index contributed by atoms with van der Waals surface area (Å²) < 4.78 is 5.30. The molecule has 1 saturated carbocycles. The van der Waals surface area contributed by atoms with Crippen LogP contribution in [0.1, 0.15) is 33.8 Å². The van der Waals surface area contributed by atoms with E-state index in [4.69, 9.17) is 4.74 Å². The zero-order valence-electron chi connectivity index (χ0n) is 19.2. The molecule has 34 heavy (non-hydrogen) atoms. The van der Waals surface area contributed by atoms with Crippen molar-refractivity contribution in [2.24, 2.45) is 0 Å². The van der Waals surface area contributed by atoms with Gasteiger partial charge in [0.25, 0.3) is 5.91 Å². The van der Waals surface area contributed by atoms with E-state index >= 15 is 0 Å². The molecule has 0 radical (unpaired) electrons. The second kappa shape index (κ2) is 9.94. The normalized spacial score (nSPS) is 16.6. The third kappa shape index (κ3) is 5.19. The zero-order chi connectivity index (χ0) is 23.3. The highest BCUT2D eigenvalue weighted by Gasteiger charge is 2.37. The summed E-state index contributed by atoms with van der Waals surface area (Å²) in [5.74, 6) is 1.30. The van der Waals surface area contributed by atoms with Gasteiger partial charge in [-0.05, 0) is 65.1 Å². The van der Waals surface area contributed by atoms with Gasteiger partial charge in [-0.15, -0.1) is 0 Å². The number of carbonyl (C=O) groups is 1. The molecule has 0 saturated heterocycles. The lowest BCUT2D eigenvalue weighted by atomic mass is 10.0. The van der Waals surface area contributed by atoms with Crippen molar-refractivity contribution in [2.75, 3.05) is 12.4 Å². The summed E-state index contributed by atoms with van der Waals surface area (Å²) in [4.78, 5) is 12.7. The van der Waals surface area contributed by atoms with Gasteiger partial charge in [-0.3, -0.25) is 4.79 Å². The van der Waals surface area contributed by atoms with E-state index < -0.39 is 0 Å². The van der Waals surface area contributed by atoms with Crippen molar-refractivity contribution >= 4 is 11.6 Å². The van der Waals surface area contributed by atoms with E-state index in [9.17, 15) is 4.79 Å². The first kappa shape index (κ1) is 21.9. The van der Waals surface area contributed by atoms with Gasteiger partial charge in [-0.1, -0.05) is 66.7 Å². The van der Waals surface area contributed by atoms with E-state index in [1.165, 1.54) is 11.1 Å². The Morgan fingerprint density at radius 2 is 1.59 bits per heavy atom. The summed E-state index contributed by atoms with van der Waals surface area (Å²) in [5.41, 5.74) is 6.21. The van der Waals surface area contributed by atoms with E-state index in [0.717, 1.165) is 35.5 Å². The van der Waals surface area contributed by atoms with Gasteiger partial charge in [0, 0.05) is 29.8 Å². The van der Waals surface area contributed by atoms with Crippen molar-refractivity contribution in [1.82, 2.24) is 5.32 Å². The number of hydrogen-bond donors (Lipinski definition) is 2. The minimum atomic E-state index is -0.100. The average molecular weight is 449 g/mol. The van der Waals surface area contributed by atoms with Crippen LogP contribution < -0.4 is 15.4 Å². The van der Waals surface area contributed by atoms with Gasteiger partial charge in [0.05, 0.1) is 7.11 Å². The van der Waals surface area contributed by atoms with Crippen LogP contribution in [-0.4, -0.2) is 19.1 Å². The Bertz CT molecular complexity index is 1250. The number of benzene rings is 4. The van der Waals surface area contributed by atoms with Gasteiger partial charge in [0.2, 0.25) is 0 Å². The first-order chi connectivity index (χ1) is 16.7. The number of amides is 1. The standard InChI is InChI=1S/C30H28N2O2/c1-34-27-9-5-6-21(18-27)20-31-29-19-28(29)24-14-16-26(17-15-24)32-30(33)25-12-10-23(11-13-25)22-7-3-2-4-8-22/h2-18,28-29,31H,19-20H2,1H3,(H,32,33). The molecule has 4 aromatic rings. The summed E-state index contributed by atoms with van der Waals surface area (Å²) in [6.07, 6.45) is 1.13. The molecule has 1 fully saturated rings. The number of anilines is 1. The Hall–Kier alpha value is -3.89. The Morgan fingerprint density at radius 3 is 2.32 bits per heavy atom. The number of ether oxygens (including phenoxy) is 1. The van der Waals surface area contributed by atoms with Gasteiger partial charge >= 0.3 is 0 Å². The molecular formula is C30H28N2O2. The maximum absolute atomic E-state index is 12.7. The minimum Gasteiger partial charge on any atom is -0.497 e. The molecule has 2 N–H and O–H groups in total. The van der Waals surface area contributed by atoms with Crippen LogP contribution in [0.5, 0.6) is 5.75 Å². The molecule has 4 heteroatoms. The van der Waals surface area contributed by atoms with E-state index in [2.05, 4.69) is 47.0 Å². The largest absolute Gasteiger partial charge is 0.497 e. The molecule has 2 atom stereocenters. The first-order valence-electron chi connectivity index (χ1n) is 11.6. The third-order valence-corrected chi connectivity index (χ3v) is 6.34. The molecule has 0 spiro atoms. The molecule has 1 aliphatic rings. The van der Waals surface area contributed by atoms with Crippen molar-refractivity contribution in [1.29, 1.82) is 0 Å². The lowest BCUT2D eigenvalue weighted by Crippen LogP contribution is -2.17. The lowest BCUT2D eigenvalue weighted by molar-refractivity contribution is 0.102. The van der Waals surface area contributed by atoms with Crippen LogP contribution in [0.15, 0.2) is 103 Å². The smallest absolute Gasteiger partial charge is 0.255 e. The molecule has 5 rings (SSSR count). The molecular weight excluding hydrogens is 420 g/mol. The fourth-order valence-corrected chi connectivity index (χ4v) is 4.28. The van der Waals surface area contributed by atoms with Crippen LogP contribution in [0.4, 0.5) is 5.69 Å². The highest BCUT2D eigenvalue weighted by molar-refractivity contribution is 6.04. The van der Waals surface area contributed by atoms with Crippen molar-refractivity contribution in [3.8, 4) is 16.9 Å². The molecule has 4 nitrogen and oxygen atoms in total. The van der Waals surface area contributed by atoms with Crippen molar-refractivity contribution < 1.29 is 9.53 Å². The van der Waals surface area contributed by atoms with Gasteiger partial charge < -0.3 is 15.4 Å². The maximum Gasteiger partial charge on any atom is 0.255 e. The van der Waals surface area contributed by atoms with Crippen LogP contribution >= 0.6 is 0 Å². The Labute approximate surface area is 200 Å². The number of rotatable bonds is 8. The summed E-state index contributed by atoms with van der Waals surface area (Å²) >= 11 is 0. The molecule has 0 heterocycles. The maximum atomic E-state index is 12.7. The van der Waals surface area contributed by atoms with Crippen LogP contribution in [0.25, 0.3) is 11.1 Å². The summed E-state index contributed by atoms with van der Waals surface area (Å²) in [5, 5.41) is 6.64. The quantitative estimate of drug-likeness (QED) is 0.334. The van der Waals surface area contributed by atoms with Gasteiger partial charge in [-0.25, -0.2) is 0 Å². The van der Waals surface area contributed by atoms with Crippen LogP contribution in [-0.2, 0) is 6.54 Å². The molecule has 0 aliphatic heterocycles. The predicted molar refractivity (Wildman–Crippen MR) is 137 cm³/mol. The second-order valence-corrected chi connectivity index (χ2v) is 8.70. The summed E-state index contributed by atoms with van der Waals surface area (Å²) in [6, 6.07) is 34.7. The second-order valence-electron chi connectivity index (χ2n) is 8.70. The molecule has 0 bridgehead atoms.